The fourth-order valence-electron chi connectivity index (χ4n) is 2.20. The molecule has 0 spiro atoms. The third-order valence-electron chi connectivity index (χ3n) is 3.15. The molecule has 0 aliphatic carbocycles. The van der Waals surface area contributed by atoms with Crippen molar-refractivity contribution in [2.24, 2.45) is 5.73 Å². The van der Waals surface area contributed by atoms with Crippen LogP contribution in [0.5, 0.6) is 0 Å². The summed E-state index contributed by atoms with van der Waals surface area (Å²) in [5, 5.41) is 0. The van der Waals surface area contributed by atoms with Crippen LogP contribution >= 0.6 is 0 Å². The summed E-state index contributed by atoms with van der Waals surface area (Å²) in [6, 6.07) is 4.08. The van der Waals surface area contributed by atoms with E-state index in [9.17, 15) is 12.8 Å². The first-order valence-electron chi connectivity index (χ1n) is 5.88. The van der Waals surface area contributed by atoms with Crippen LogP contribution in [-0.4, -0.2) is 33.8 Å². The molecule has 1 unspecified atom stereocenters. The van der Waals surface area contributed by atoms with E-state index in [2.05, 4.69) is 0 Å². The summed E-state index contributed by atoms with van der Waals surface area (Å²) in [5.41, 5.74) is 6.28. The first-order valence-corrected chi connectivity index (χ1v) is 7.77. The molecule has 1 fully saturated rings. The van der Waals surface area contributed by atoms with E-state index in [0.717, 1.165) is 31.7 Å². The second kappa shape index (κ2) is 4.85. The zero-order valence-corrected chi connectivity index (χ0v) is 11.1. The van der Waals surface area contributed by atoms with E-state index in [0.29, 0.717) is 12.2 Å². The van der Waals surface area contributed by atoms with E-state index in [1.54, 1.807) is 0 Å². The Morgan fingerprint density at radius 3 is 2.72 bits per heavy atom. The van der Waals surface area contributed by atoms with Gasteiger partial charge in [-0.15, -0.1) is 0 Å². The normalized spacial score (nSPS) is 21.1. The Balaban J connectivity index is 2.30. The van der Waals surface area contributed by atoms with Gasteiger partial charge in [0.2, 0.25) is 0 Å². The van der Waals surface area contributed by atoms with Gasteiger partial charge in [0.25, 0.3) is 0 Å². The number of benzene rings is 1. The molecule has 4 nitrogen and oxygen atoms in total. The zero-order valence-electron chi connectivity index (χ0n) is 10.3. The lowest BCUT2D eigenvalue weighted by atomic mass is 10.1. The molecule has 1 aromatic carbocycles. The summed E-state index contributed by atoms with van der Waals surface area (Å²) in [6.07, 6.45) is 2.94. The maximum Gasteiger partial charge on any atom is 0.175 e. The topological polar surface area (TPSA) is 63.4 Å². The number of halogens is 1. The van der Waals surface area contributed by atoms with E-state index >= 15 is 0 Å². The van der Waals surface area contributed by atoms with Gasteiger partial charge in [0.15, 0.2) is 9.84 Å². The first kappa shape index (κ1) is 13.3. The molecule has 1 atom stereocenters. The Labute approximate surface area is 107 Å². The Bertz CT molecular complexity index is 545. The maximum absolute atomic E-state index is 13.9. The number of nitrogens with two attached hydrogens (primary N) is 1. The molecule has 1 aromatic rings. The monoisotopic (exact) mass is 272 g/mol. The van der Waals surface area contributed by atoms with Crippen molar-refractivity contribution in [2.75, 3.05) is 24.2 Å². The second-order valence-electron chi connectivity index (χ2n) is 4.73. The molecule has 1 aliphatic heterocycles. The van der Waals surface area contributed by atoms with Crippen LogP contribution in [0.1, 0.15) is 12.8 Å². The van der Waals surface area contributed by atoms with Crippen molar-refractivity contribution in [2.45, 2.75) is 23.8 Å². The first-order chi connectivity index (χ1) is 8.38. The SMILES string of the molecule is CS(=O)(=O)c1ccc(N2CCCC(N)C2)c(F)c1. The van der Waals surface area contributed by atoms with Gasteiger partial charge in [-0.25, -0.2) is 12.8 Å². The number of piperidine rings is 1. The number of sulfone groups is 1. The van der Waals surface area contributed by atoms with Crippen LogP contribution < -0.4 is 10.6 Å². The average Bonchev–Trinajstić information content (AvgIpc) is 2.27. The number of nitrogens with zero attached hydrogens (tertiary/aromatic N) is 1. The standard InChI is InChI=1S/C12H17FN2O2S/c1-18(16,17)10-4-5-12(11(13)7-10)15-6-2-3-9(14)8-15/h4-5,7,9H,2-3,6,8,14H2,1H3. The van der Waals surface area contributed by atoms with Crippen LogP contribution in [-0.2, 0) is 9.84 Å². The van der Waals surface area contributed by atoms with Crippen molar-refractivity contribution >= 4 is 15.5 Å². The second-order valence-corrected chi connectivity index (χ2v) is 6.75. The highest BCUT2D eigenvalue weighted by Gasteiger charge is 2.20. The molecule has 18 heavy (non-hydrogen) atoms. The third-order valence-corrected chi connectivity index (χ3v) is 4.26. The zero-order chi connectivity index (χ0) is 13.3. The van der Waals surface area contributed by atoms with Crippen LogP contribution in [0, 0.1) is 5.82 Å². The van der Waals surface area contributed by atoms with E-state index < -0.39 is 15.7 Å². The molecule has 1 saturated heterocycles. The molecule has 0 aromatic heterocycles. The summed E-state index contributed by atoms with van der Waals surface area (Å²) in [6.45, 7) is 1.36. The smallest absolute Gasteiger partial charge is 0.175 e. The van der Waals surface area contributed by atoms with Crippen LogP contribution in [0.25, 0.3) is 0 Å². The molecule has 2 N–H and O–H groups in total. The minimum atomic E-state index is -3.37. The Kier molecular flexibility index (Phi) is 3.59. The van der Waals surface area contributed by atoms with Crippen molar-refractivity contribution in [1.82, 2.24) is 0 Å². The Hall–Kier alpha value is -1.14. The van der Waals surface area contributed by atoms with Crippen LogP contribution in [0.2, 0.25) is 0 Å². The van der Waals surface area contributed by atoms with Crippen LogP contribution in [0.3, 0.4) is 0 Å². The predicted molar refractivity (Wildman–Crippen MR) is 68.9 cm³/mol. The van der Waals surface area contributed by atoms with Crippen molar-refractivity contribution in [3.05, 3.63) is 24.0 Å². The minimum Gasteiger partial charge on any atom is -0.368 e. The average molecular weight is 272 g/mol. The lowest BCUT2D eigenvalue weighted by Gasteiger charge is -2.32. The van der Waals surface area contributed by atoms with E-state index in [4.69, 9.17) is 5.73 Å². The lowest BCUT2D eigenvalue weighted by molar-refractivity contribution is 0.497. The molecule has 0 saturated carbocycles. The highest BCUT2D eigenvalue weighted by Crippen LogP contribution is 2.25. The highest BCUT2D eigenvalue weighted by atomic mass is 32.2. The van der Waals surface area contributed by atoms with E-state index in [1.165, 1.54) is 12.1 Å². The van der Waals surface area contributed by atoms with Gasteiger partial charge in [0.1, 0.15) is 5.82 Å². The molecular weight excluding hydrogens is 255 g/mol. The van der Waals surface area contributed by atoms with Gasteiger partial charge in [-0.05, 0) is 31.0 Å². The van der Waals surface area contributed by atoms with Gasteiger partial charge in [0, 0.05) is 25.4 Å². The molecular formula is C12H17FN2O2S. The lowest BCUT2D eigenvalue weighted by Crippen LogP contribution is -2.43. The molecule has 0 bridgehead atoms. The molecule has 1 aliphatic rings. The number of hydrogen-bond donors (Lipinski definition) is 1. The minimum absolute atomic E-state index is 0.00468. The Morgan fingerprint density at radius 1 is 1.44 bits per heavy atom. The van der Waals surface area contributed by atoms with Gasteiger partial charge in [-0.2, -0.15) is 0 Å². The van der Waals surface area contributed by atoms with Crippen molar-refractivity contribution in [3.8, 4) is 0 Å². The molecule has 2 rings (SSSR count). The molecule has 1 heterocycles. The van der Waals surface area contributed by atoms with E-state index in [1.807, 2.05) is 4.90 Å². The van der Waals surface area contributed by atoms with Gasteiger partial charge >= 0.3 is 0 Å². The largest absolute Gasteiger partial charge is 0.368 e. The summed E-state index contributed by atoms with van der Waals surface area (Å²) in [7, 11) is -3.37. The van der Waals surface area contributed by atoms with Crippen molar-refractivity contribution < 1.29 is 12.8 Å². The molecule has 0 amide bonds. The van der Waals surface area contributed by atoms with Crippen molar-refractivity contribution in [3.63, 3.8) is 0 Å². The Morgan fingerprint density at radius 2 is 2.17 bits per heavy atom. The quantitative estimate of drug-likeness (QED) is 0.877. The third kappa shape index (κ3) is 2.81. The number of hydrogen-bond acceptors (Lipinski definition) is 4. The summed E-state index contributed by atoms with van der Waals surface area (Å²) >= 11 is 0. The molecule has 100 valence electrons. The maximum atomic E-state index is 13.9. The summed E-state index contributed by atoms with van der Waals surface area (Å²) in [5.74, 6) is -0.507. The highest BCUT2D eigenvalue weighted by molar-refractivity contribution is 7.90. The van der Waals surface area contributed by atoms with Crippen molar-refractivity contribution in [1.29, 1.82) is 0 Å². The van der Waals surface area contributed by atoms with Gasteiger partial charge in [-0.3, -0.25) is 0 Å². The summed E-state index contributed by atoms with van der Waals surface area (Å²) in [4.78, 5) is 1.88. The number of anilines is 1. The number of rotatable bonds is 2. The van der Waals surface area contributed by atoms with Gasteiger partial charge < -0.3 is 10.6 Å². The predicted octanol–water partition coefficient (Wildman–Crippen LogP) is 1.16. The van der Waals surface area contributed by atoms with Crippen LogP contribution in [0.15, 0.2) is 23.1 Å². The summed E-state index contributed by atoms with van der Waals surface area (Å²) < 4.78 is 36.6. The van der Waals surface area contributed by atoms with Gasteiger partial charge in [0.05, 0.1) is 10.6 Å². The van der Waals surface area contributed by atoms with Crippen LogP contribution in [0.4, 0.5) is 10.1 Å². The molecule has 0 radical (unpaired) electrons. The fourth-order valence-corrected chi connectivity index (χ4v) is 2.84. The van der Waals surface area contributed by atoms with Gasteiger partial charge in [-0.1, -0.05) is 0 Å². The van der Waals surface area contributed by atoms with E-state index in [-0.39, 0.29) is 10.9 Å². The fraction of sp³-hybridized carbons (Fsp3) is 0.500. The molecule has 6 heteroatoms.